The van der Waals surface area contributed by atoms with Crippen molar-refractivity contribution in [2.75, 3.05) is 58.9 Å². The first-order valence-electron chi connectivity index (χ1n) is 8.90. The molecule has 1 N–H and O–H groups in total. The van der Waals surface area contributed by atoms with Crippen molar-refractivity contribution in [1.29, 1.82) is 0 Å². The van der Waals surface area contributed by atoms with Gasteiger partial charge in [0.15, 0.2) is 5.96 Å². The van der Waals surface area contributed by atoms with Gasteiger partial charge in [-0.2, -0.15) is 11.8 Å². The molecule has 0 bridgehead atoms. The average molecular weight is 473 g/mol. The molecule has 1 aliphatic rings. The van der Waals surface area contributed by atoms with Gasteiger partial charge in [-0.25, -0.2) is 0 Å². The summed E-state index contributed by atoms with van der Waals surface area (Å²) in [5, 5.41) is 4.16. The fourth-order valence-corrected chi connectivity index (χ4v) is 3.74. The van der Waals surface area contributed by atoms with Crippen LogP contribution >= 0.6 is 35.7 Å². The summed E-state index contributed by atoms with van der Waals surface area (Å²) < 4.78 is 10.4. The van der Waals surface area contributed by atoms with Crippen LogP contribution < -0.4 is 5.32 Å². The molecule has 0 spiro atoms. The van der Waals surface area contributed by atoms with Crippen LogP contribution in [-0.2, 0) is 9.47 Å². The minimum atomic E-state index is 0. The van der Waals surface area contributed by atoms with Crippen LogP contribution in [0, 0.1) is 5.92 Å². The number of ether oxygens (including phenoxy) is 2. The van der Waals surface area contributed by atoms with Gasteiger partial charge in [0, 0.05) is 50.9 Å². The van der Waals surface area contributed by atoms with Crippen LogP contribution in [0.15, 0.2) is 4.99 Å². The van der Waals surface area contributed by atoms with Crippen LogP contribution in [0.1, 0.15) is 33.6 Å². The second-order valence-electron chi connectivity index (χ2n) is 6.15. The van der Waals surface area contributed by atoms with E-state index in [4.69, 9.17) is 14.5 Å². The zero-order chi connectivity index (χ0) is 16.9. The molecular formula is C17H36IN3O2S. The number of guanidine groups is 1. The average Bonchev–Trinajstić information content (AvgIpc) is 2.56. The Kier molecular flexibility index (Phi) is 15.7. The van der Waals surface area contributed by atoms with Crippen LogP contribution in [0.2, 0.25) is 0 Å². The lowest BCUT2D eigenvalue weighted by atomic mass is 10.1. The summed E-state index contributed by atoms with van der Waals surface area (Å²) in [6.45, 7) is 12.9. The highest BCUT2D eigenvalue weighted by Gasteiger charge is 2.24. The maximum atomic E-state index is 5.48. The van der Waals surface area contributed by atoms with Crippen molar-refractivity contribution in [3.63, 3.8) is 0 Å². The maximum Gasteiger partial charge on any atom is 0.193 e. The second-order valence-corrected chi connectivity index (χ2v) is 7.49. The molecule has 144 valence electrons. The van der Waals surface area contributed by atoms with E-state index in [-0.39, 0.29) is 24.0 Å². The van der Waals surface area contributed by atoms with Crippen molar-refractivity contribution in [3.8, 4) is 0 Å². The number of hydrogen-bond donors (Lipinski definition) is 1. The van der Waals surface area contributed by atoms with E-state index in [1.807, 2.05) is 0 Å². The van der Waals surface area contributed by atoms with Crippen LogP contribution in [0.25, 0.3) is 0 Å². The molecule has 7 heteroatoms. The Morgan fingerprint density at radius 2 is 2.08 bits per heavy atom. The number of hydrogen-bond acceptors (Lipinski definition) is 4. The Hall–Kier alpha value is 0.270. The molecule has 0 aromatic carbocycles. The van der Waals surface area contributed by atoms with E-state index >= 15 is 0 Å². The van der Waals surface area contributed by atoms with Crippen LogP contribution in [0.5, 0.6) is 0 Å². The van der Waals surface area contributed by atoms with Gasteiger partial charge in [-0.05, 0) is 25.7 Å². The van der Waals surface area contributed by atoms with Crippen molar-refractivity contribution in [3.05, 3.63) is 0 Å². The molecule has 0 aliphatic carbocycles. The third kappa shape index (κ3) is 10.3. The zero-order valence-corrected chi connectivity index (χ0v) is 18.9. The molecule has 24 heavy (non-hydrogen) atoms. The Morgan fingerprint density at radius 3 is 2.75 bits per heavy atom. The minimum Gasteiger partial charge on any atom is -0.382 e. The fraction of sp³-hybridized carbons (Fsp3) is 0.941. The second kappa shape index (κ2) is 15.5. The normalized spacial score (nSPS) is 18.6. The van der Waals surface area contributed by atoms with Gasteiger partial charge in [-0.1, -0.05) is 13.8 Å². The van der Waals surface area contributed by atoms with Crippen molar-refractivity contribution < 1.29 is 9.47 Å². The molecule has 1 saturated heterocycles. The van der Waals surface area contributed by atoms with E-state index in [0.29, 0.717) is 18.5 Å². The van der Waals surface area contributed by atoms with E-state index in [1.54, 1.807) is 7.11 Å². The summed E-state index contributed by atoms with van der Waals surface area (Å²) in [7, 11) is 1.70. The van der Waals surface area contributed by atoms with Gasteiger partial charge in [0.05, 0.1) is 13.2 Å². The predicted octanol–water partition coefficient (Wildman–Crippen LogP) is 3.09. The Bertz CT molecular complexity index is 333. The van der Waals surface area contributed by atoms with Gasteiger partial charge < -0.3 is 19.7 Å². The molecule has 1 rings (SSSR count). The highest BCUT2D eigenvalue weighted by atomic mass is 127. The van der Waals surface area contributed by atoms with Gasteiger partial charge in [0.25, 0.3) is 0 Å². The first kappa shape index (κ1) is 24.3. The smallest absolute Gasteiger partial charge is 0.193 e. The summed E-state index contributed by atoms with van der Waals surface area (Å²) >= 11 is 2.10. The molecule has 1 atom stereocenters. The van der Waals surface area contributed by atoms with E-state index < -0.39 is 0 Å². The minimum absolute atomic E-state index is 0. The molecule has 0 radical (unpaired) electrons. The SMILES string of the molecule is CCNC(=NCCCCOCCOC)N1CCSC(C(C)C)C1.I. The standard InChI is InChI=1S/C17H35N3O2S.HI/c1-5-18-17(19-8-6-7-10-22-12-11-21-4)20-9-13-23-16(14-20)15(2)3;/h15-16H,5-14H2,1-4H3,(H,18,19);1H. The van der Waals surface area contributed by atoms with Crippen LogP contribution in [0.3, 0.4) is 0 Å². The first-order chi connectivity index (χ1) is 11.2. The lowest BCUT2D eigenvalue weighted by molar-refractivity contribution is 0.0690. The molecule has 1 aliphatic heterocycles. The molecule has 1 heterocycles. The summed E-state index contributed by atoms with van der Waals surface area (Å²) in [6.07, 6.45) is 2.12. The van der Waals surface area contributed by atoms with E-state index in [2.05, 4.69) is 42.7 Å². The summed E-state index contributed by atoms with van der Waals surface area (Å²) in [5.41, 5.74) is 0. The first-order valence-corrected chi connectivity index (χ1v) is 9.95. The van der Waals surface area contributed by atoms with E-state index in [0.717, 1.165) is 57.5 Å². The Morgan fingerprint density at radius 1 is 1.29 bits per heavy atom. The predicted molar refractivity (Wildman–Crippen MR) is 116 cm³/mol. The van der Waals surface area contributed by atoms with Crippen molar-refractivity contribution in [2.45, 2.75) is 38.9 Å². The summed E-state index contributed by atoms with van der Waals surface area (Å²) in [5.74, 6) is 2.99. The molecule has 0 aromatic heterocycles. The largest absolute Gasteiger partial charge is 0.382 e. The van der Waals surface area contributed by atoms with Crippen molar-refractivity contribution >= 4 is 41.7 Å². The number of methoxy groups -OCH3 is 1. The van der Waals surface area contributed by atoms with Gasteiger partial charge >= 0.3 is 0 Å². The summed E-state index contributed by atoms with van der Waals surface area (Å²) in [4.78, 5) is 7.24. The number of nitrogens with one attached hydrogen (secondary N) is 1. The molecule has 0 aromatic rings. The molecule has 5 nitrogen and oxygen atoms in total. The van der Waals surface area contributed by atoms with E-state index in [9.17, 15) is 0 Å². The molecule has 1 unspecified atom stereocenters. The fourth-order valence-electron chi connectivity index (χ4n) is 2.44. The third-order valence-corrected chi connectivity index (χ3v) is 5.40. The number of aliphatic imine (C=N–C) groups is 1. The number of thioether (sulfide) groups is 1. The van der Waals surface area contributed by atoms with Gasteiger partial charge in [-0.15, -0.1) is 24.0 Å². The van der Waals surface area contributed by atoms with E-state index in [1.165, 1.54) is 5.75 Å². The van der Waals surface area contributed by atoms with Crippen LogP contribution in [0.4, 0.5) is 0 Å². The number of unbranched alkanes of at least 4 members (excludes halogenated alkanes) is 1. The van der Waals surface area contributed by atoms with Gasteiger partial charge in [-0.3, -0.25) is 4.99 Å². The highest BCUT2D eigenvalue weighted by molar-refractivity contribution is 14.0. The molecule has 0 saturated carbocycles. The third-order valence-electron chi connectivity index (χ3n) is 3.86. The topological polar surface area (TPSA) is 46.1 Å². The lowest BCUT2D eigenvalue weighted by Gasteiger charge is -2.36. The number of nitrogens with zero attached hydrogens (tertiary/aromatic N) is 2. The maximum absolute atomic E-state index is 5.48. The van der Waals surface area contributed by atoms with Crippen LogP contribution in [-0.4, -0.2) is 75.0 Å². The zero-order valence-electron chi connectivity index (χ0n) is 15.8. The van der Waals surface area contributed by atoms with Crippen molar-refractivity contribution in [2.24, 2.45) is 10.9 Å². The van der Waals surface area contributed by atoms with Crippen molar-refractivity contribution in [1.82, 2.24) is 10.2 Å². The number of halogens is 1. The number of rotatable bonds is 10. The molecule has 0 amide bonds. The highest BCUT2D eigenvalue weighted by Crippen LogP contribution is 2.24. The lowest BCUT2D eigenvalue weighted by Crippen LogP contribution is -2.49. The monoisotopic (exact) mass is 473 g/mol. The molecule has 1 fully saturated rings. The summed E-state index contributed by atoms with van der Waals surface area (Å²) in [6, 6.07) is 0. The molecular weight excluding hydrogens is 437 g/mol. The van der Waals surface area contributed by atoms with Gasteiger partial charge in [0.1, 0.15) is 0 Å². The quantitative estimate of drug-likeness (QED) is 0.229. The van der Waals surface area contributed by atoms with Gasteiger partial charge in [0.2, 0.25) is 0 Å². The Labute approximate surface area is 169 Å². The Balaban J connectivity index is 0.00000529.